The van der Waals surface area contributed by atoms with Crippen molar-refractivity contribution in [3.05, 3.63) is 93.9 Å². The van der Waals surface area contributed by atoms with Crippen LogP contribution in [0.25, 0.3) is 11.3 Å². The van der Waals surface area contributed by atoms with E-state index in [0.29, 0.717) is 22.8 Å². The maximum Gasteiger partial charge on any atom is 0.231 e. The van der Waals surface area contributed by atoms with Crippen LogP contribution in [0.4, 0.5) is 18.9 Å². The Bertz CT molecular complexity index is 1330. The van der Waals surface area contributed by atoms with Crippen LogP contribution >= 0.6 is 11.3 Å². The monoisotopic (exact) mass is 440 g/mol. The molecule has 4 aromatic rings. The Morgan fingerprint density at radius 3 is 2.45 bits per heavy atom. The number of ether oxygens (including phenoxy) is 2. The summed E-state index contributed by atoms with van der Waals surface area (Å²) >= 11 is 1.31. The molecular formula is C23H15F3N2O2S. The maximum atomic E-state index is 14.2. The molecule has 1 aliphatic heterocycles. The Morgan fingerprint density at radius 1 is 0.871 bits per heavy atom. The third kappa shape index (κ3) is 3.94. The van der Waals surface area contributed by atoms with Crippen LogP contribution in [0, 0.1) is 17.5 Å². The number of benzene rings is 3. The number of thiazole rings is 1. The van der Waals surface area contributed by atoms with E-state index >= 15 is 0 Å². The lowest BCUT2D eigenvalue weighted by Gasteiger charge is -2.10. The zero-order chi connectivity index (χ0) is 21.4. The first-order chi connectivity index (χ1) is 15.1. The van der Waals surface area contributed by atoms with E-state index in [2.05, 4.69) is 4.99 Å². The third-order valence-corrected chi connectivity index (χ3v) is 5.70. The fraction of sp³-hybridized carbons (Fsp3) is 0.0870. The van der Waals surface area contributed by atoms with Gasteiger partial charge in [0.25, 0.3) is 0 Å². The predicted octanol–water partition coefficient (Wildman–Crippen LogP) is 5.64. The van der Waals surface area contributed by atoms with Crippen molar-refractivity contribution >= 4 is 17.0 Å². The standard InChI is InChI=1S/C23H15F3N2O2S/c24-16-4-2-15(3-5-16)20-12-31-23(27-19-7-6-17(25)10-18(19)26)28(20)11-14-1-8-21-22(9-14)30-13-29-21/h1-10,12H,11,13H2. The molecule has 4 nitrogen and oxygen atoms in total. The van der Waals surface area contributed by atoms with Crippen LogP contribution in [0.3, 0.4) is 0 Å². The highest BCUT2D eigenvalue weighted by Crippen LogP contribution is 2.33. The molecule has 0 unspecified atom stereocenters. The topological polar surface area (TPSA) is 35.8 Å². The average Bonchev–Trinajstić information content (AvgIpc) is 3.38. The van der Waals surface area contributed by atoms with Crippen molar-refractivity contribution in [2.45, 2.75) is 6.54 Å². The first-order valence-electron chi connectivity index (χ1n) is 9.39. The van der Waals surface area contributed by atoms with Crippen molar-refractivity contribution < 1.29 is 22.6 Å². The van der Waals surface area contributed by atoms with Gasteiger partial charge < -0.3 is 14.0 Å². The molecule has 156 valence electrons. The van der Waals surface area contributed by atoms with E-state index in [9.17, 15) is 13.2 Å². The largest absolute Gasteiger partial charge is 0.454 e. The quantitative estimate of drug-likeness (QED) is 0.412. The molecule has 0 amide bonds. The maximum absolute atomic E-state index is 14.2. The number of fused-ring (bicyclic) bond motifs is 1. The van der Waals surface area contributed by atoms with Gasteiger partial charge in [-0.3, -0.25) is 0 Å². The Balaban J connectivity index is 1.63. The number of nitrogens with zero attached hydrogens (tertiary/aromatic N) is 2. The number of halogens is 3. The molecule has 8 heteroatoms. The summed E-state index contributed by atoms with van der Waals surface area (Å²) in [6.45, 7) is 0.587. The van der Waals surface area contributed by atoms with Crippen LogP contribution in [0.1, 0.15) is 5.56 Å². The molecule has 2 heterocycles. The number of rotatable bonds is 4. The van der Waals surface area contributed by atoms with Crippen molar-refractivity contribution in [2.75, 3.05) is 6.79 Å². The van der Waals surface area contributed by atoms with E-state index < -0.39 is 11.6 Å². The van der Waals surface area contributed by atoms with Gasteiger partial charge in [0.1, 0.15) is 17.3 Å². The van der Waals surface area contributed by atoms with Gasteiger partial charge in [0.05, 0.1) is 12.2 Å². The zero-order valence-corrected chi connectivity index (χ0v) is 16.8. The minimum atomic E-state index is -0.744. The van der Waals surface area contributed by atoms with Crippen molar-refractivity contribution in [3.63, 3.8) is 0 Å². The van der Waals surface area contributed by atoms with E-state index in [1.54, 1.807) is 12.1 Å². The first kappa shape index (κ1) is 19.4. The van der Waals surface area contributed by atoms with Crippen LogP contribution in [-0.2, 0) is 6.54 Å². The molecule has 1 aliphatic rings. The van der Waals surface area contributed by atoms with Crippen molar-refractivity contribution in [2.24, 2.45) is 4.99 Å². The summed E-state index contributed by atoms with van der Waals surface area (Å²) in [4.78, 5) is 4.94. The normalized spacial score (nSPS) is 13.1. The van der Waals surface area contributed by atoms with Crippen molar-refractivity contribution in [3.8, 4) is 22.8 Å². The molecule has 5 rings (SSSR count). The molecule has 0 saturated carbocycles. The Morgan fingerprint density at radius 2 is 1.65 bits per heavy atom. The number of aromatic nitrogens is 1. The number of hydrogen-bond acceptors (Lipinski definition) is 4. The van der Waals surface area contributed by atoms with Crippen LogP contribution in [-0.4, -0.2) is 11.4 Å². The highest BCUT2D eigenvalue weighted by atomic mass is 32.1. The Labute approximate surface area is 179 Å². The fourth-order valence-corrected chi connectivity index (χ4v) is 4.24. The van der Waals surface area contributed by atoms with Crippen LogP contribution in [0.2, 0.25) is 0 Å². The lowest BCUT2D eigenvalue weighted by Crippen LogP contribution is -2.16. The highest BCUT2D eigenvalue weighted by Gasteiger charge is 2.15. The van der Waals surface area contributed by atoms with Crippen molar-refractivity contribution in [1.82, 2.24) is 4.57 Å². The third-order valence-electron chi connectivity index (χ3n) is 4.84. The lowest BCUT2D eigenvalue weighted by atomic mass is 10.1. The lowest BCUT2D eigenvalue weighted by molar-refractivity contribution is 0.174. The van der Waals surface area contributed by atoms with Crippen LogP contribution < -0.4 is 14.3 Å². The summed E-state index contributed by atoms with van der Waals surface area (Å²) < 4.78 is 53.6. The summed E-state index contributed by atoms with van der Waals surface area (Å²) in [5.74, 6) is -0.412. The van der Waals surface area contributed by atoms with Gasteiger partial charge in [-0.1, -0.05) is 6.07 Å². The molecule has 0 N–H and O–H groups in total. The number of hydrogen-bond donors (Lipinski definition) is 0. The van der Waals surface area contributed by atoms with Gasteiger partial charge in [-0.2, -0.15) is 0 Å². The molecule has 0 bridgehead atoms. The molecule has 0 radical (unpaired) electrons. The summed E-state index contributed by atoms with van der Waals surface area (Å²) in [5, 5.41) is 1.88. The minimum Gasteiger partial charge on any atom is -0.454 e. The van der Waals surface area contributed by atoms with Gasteiger partial charge in [-0.05, 0) is 59.7 Å². The first-order valence-corrected chi connectivity index (χ1v) is 10.3. The Kier molecular flexibility index (Phi) is 4.99. The zero-order valence-electron chi connectivity index (χ0n) is 16.0. The molecule has 1 aromatic heterocycles. The summed E-state index contributed by atoms with van der Waals surface area (Å²) in [6, 6.07) is 15.0. The van der Waals surface area contributed by atoms with Gasteiger partial charge in [-0.15, -0.1) is 11.3 Å². The molecule has 0 saturated heterocycles. The average molecular weight is 440 g/mol. The van der Waals surface area contributed by atoms with Crippen LogP contribution in [0.15, 0.2) is 71.0 Å². The summed E-state index contributed by atoms with van der Waals surface area (Å²) in [6.07, 6.45) is 0. The van der Waals surface area contributed by atoms with Gasteiger partial charge in [0, 0.05) is 11.4 Å². The van der Waals surface area contributed by atoms with Gasteiger partial charge >= 0.3 is 0 Å². The molecule has 31 heavy (non-hydrogen) atoms. The Hall–Kier alpha value is -3.52. The molecule has 0 aliphatic carbocycles. The van der Waals surface area contributed by atoms with E-state index in [1.165, 1.54) is 35.6 Å². The van der Waals surface area contributed by atoms with E-state index in [0.717, 1.165) is 22.9 Å². The van der Waals surface area contributed by atoms with Gasteiger partial charge in [0.15, 0.2) is 22.1 Å². The van der Waals surface area contributed by atoms with E-state index in [1.807, 2.05) is 28.1 Å². The smallest absolute Gasteiger partial charge is 0.231 e. The minimum absolute atomic E-state index is 0.0355. The molecule has 0 fully saturated rings. The second kappa shape index (κ2) is 7.96. The molecule has 0 atom stereocenters. The molecular weight excluding hydrogens is 425 g/mol. The van der Waals surface area contributed by atoms with Gasteiger partial charge in [0.2, 0.25) is 6.79 Å². The second-order valence-electron chi connectivity index (χ2n) is 6.89. The molecule has 3 aromatic carbocycles. The van der Waals surface area contributed by atoms with Crippen LogP contribution in [0.5, 0.6) is 11.5 Å². The predicted molar refractivity (Wildman–Crippen MR) is 111 cm³/mol. The SMILES string of the molecule is Fc1ccc(-c2csc(=Nc3ccc(F)cc3F)n2Cc2ccc3c(c2)OCO3)cc1. The second-order valence-corrected chi connectivity index (χ2v) is 7.73. The summed E-state index contributed by atoms with van der Waals surface area (Å²) in [5.41, 5.74) is 2.55. The highest BCUT2D eigenvalue weighted by molar-refractivity contribution is 7.07. The van der Waals surface area contributed by atoms with Gasteiger partial charge in [-0.25, -0.2) is 18.2 Å². The van der Waals surface area contributed by atoms with Crippen molar-refractivity contribution in [1.29, 1.82) is 0 Å². The summed E-state index contributed by atoms with van der Waals surface area (Å²) in [7, 11) is 0. The fourth-order valence-electron chi connectivity index (χ4n) is 3.32. The molecule has 0 spiro atoms. The van der Waals surface area contributed by atoms with E-state index in [-0.39, 0.29) is 18.3 Å². The van der Waals surface area contributed by atoms with E-state index in [4.69, 9.17) is 9.47 Å².